The average Bonchev–Trinajstić information content (AvgIpc) is 2.60. The van der Waals surface area contributed by atoms with Gasteiger partial charge in [-0.15, -0.1) is 0 Å². The van der Waals surface area contributed by atoms with E-state index in [4.69, 9.17) is 11.6 Å². The molecular formula is C15H20ClN3O4S. The van der Waals surface area contributed by atoms with Crippen molar-refractivity contribution in [3.8, 4) is 0 Å². The Hall–Kier alpha value is -1.64. The molecule has 1 aliphatic heterocycles. The molecule has 1 aromatic carbocycles. The van der Waals surface area contributed by atoms with Crippen molar-refractivity contribution in [1.29, 1.82) is 0 Å². The normalized spacial score (nSPS) is 16.0. The first-order valence-corrected chi connectivity index (χ1v) is 9.62. The fraction of sp³-hybridized carbons (Fsp3) is 0.467. The van der Waals surface area contributed by atoms with Crippen LogP contribution in [-0.4, -0.2) is 67.9 Å². The Labute approximate surface area is 146 Å². The van der Waals surface area contributed by atoms with Crippen LogP contribution in [0.25, 0.3) is 0 Å². The van der Waals surface area contributed by atoms with Gasteiger partial charge in [0.15, 0.2) is 0 Å². The summed E-state index contributed by atoms with van der Waals surface area (Å²) >= 11 is 5.94. The highest BCUT2D eigenvalue weighted by molar-refractivity contribution is 7.89. The molecule has 2 amide bonds. The van der Waals surface area contributed by atoms with E-state index in [-0.39, 0.29) is 31.3 Å². The summed E-state index contributed by atoms with van der Waals surface area (Å²) in [6.45, 7) is 2.64. The molecule has 0 unspecified atom stereocenters. The van der Waals surface area contributed by atoms with E-state index in [9.17, 15) is 18.0 Å². The third kappa shape index (κ3) is 4.46. The fourth-order valence-electron chi connectivity index (χ4n) is 2.41. The molecule has 0 bridgehead atoms. The molecule has 1 heterocycles. The standard InChI is InChI=1S/C15H20ClN3O4S/c1-2-24(22,23)19-9-7-18(8-10-19)14(20)11-17-15(21)12-5-3-4-6-13(12)16/h3-6H,2,7-11H2,1H3,(H,17,21). The van der Waals surface area contributed by atoms with Gasteiger partial charge < -0.3 is 10.2 Å². The maximum absolute atomic E-state index is 12.2. The molecule has 0 saturated carbocycles. The summed E-state index contributed by atoms with van der Waals surface area (Å²) in [7, 11) is -3.23. The number of rotatable bonds is 5. The summed E-state index contributed by atoms with van der Waals surface area (Å²) in [5.74, 6) is -0.612. The number of nitrogens with zero attached hydrogens (tertiary/aromatic N) is 2. The number of piperazine rings is 1. The molecule has 0 aliphatic carbocycles. The summed E-state index contributed by atoms with van der Waals surface area (Å²) < 4.78 is 25.0. The molecule has 7 nitrogen and oxygen atoms in total. The fourth-order valence-corrected chi connectivity index (χ4v) is 3.71. The van der Waals surface area contributed by atoms with Crippen LogP contribution in [0.2, 0.25) is 5.02 Å². The van der Waals surface area contributed by atoms with Gasteiger partial charge in [0.2, 0.25) is 15.9 Å². The molecule has 1 saturated heterocycles. The minimum Gasteiger partial charge on any atom is -0.343 e. The van der Waals surface area contributed by atoms with Crippen molar-refractivity contribution in [3.63, 3.8) is 0 Å². The molecule has 0 radical (unpaired) electrons. The Morgan fingerprint density at radius 2 is 1.79 bits per heavy atom. The van der Waals surface area contributed by atoms with E-state index in [0.29, 0.717) is 23.7 Å². The van der Waals surface area contributed by atoms with Gasteiger partial charge in [0.05, 0.1) is 22.9 Å². The number of sulfonamides is 1. The maximum Gasteiger partial charge on any atom is 0.253 e. The lowest BCUT2D eigenvalue weighted by molar-refractivity contribution is -0.131. The Bertz CT molecular complexity index is 715. The van der Waals surface area contributed by atoms with Crippen LogP contribution in [0.3, 0.4) is 0 Å². The zero-order chi connectivity index (χ0) is 17.7. The van der Waals surface area contributed by atoms with Crippen molar-refractivity contribution in [1.82, 2.24) is 14.5 Å². The van der Waals surface area contributed by atoms with E-state index in [0.717, 1.165) is 0 Å². The lowest BCUT2D eigenvalue weighted by Gasteiger charge is -2.33. The predicted molar refractivity (Wildman–Crippen MR) is 91.4 cm³/mol. The summed E-state index contributed by atoms with van der Waals surface area (Å²) in [5.41, 5.74) is 0.311. The van der Waals surface area contributed by atoms with Crippen molar-refractivity contribution in [3.05, 3.63) is 34.9 Å². The Morgan fingerprint density at radius 1 is 1.17 bits per heavy atom. The highest BCUT2D eigenvalue weighted by atomic mass is 35.5. The summed E-state index contributed by atoms with van der Waals surface area (Å²) in [4.78, 5) is 25.7. The van der Waals surface area contributed by atoms with E-state index in [1.54, 1.807) is 36.1 Å². The van der Waals surface area contributed by atoms with Crippen LogP contribution in [0.4, 0.5) is 0 Å². The molecule has 9 heteroatoms. The molecular weight excluding hydrogens is 354 g/mol. The number of hydrogen-bond acceptors (Lipinski definition) is 4. The van der Waals surface area contributed by atoms with Crippen LogP contribution >= 0.6 is 11.6 Å². The number of carbonyl (C=O) groups excluding carboxylic acids is 2. The van der Waals surface area contributed by atoms with Gasteiger partial charge in [-0.1, -0.05) is 23.7 Å². The number of nitrogens with one attached hydrogen (secondary N) is 1. The van der Waals surface area contributed by atoms with Gasteiger partial charge >= 0.3 is 0 Å². The molecule has 1 aromatic rings. The first-order valence-electron chi connectivity index (χ1n) is 7.63. The maximum atomic E-state index is 12.2. The molecule has 24 heavy (non-hydrogen) atoms. The minimum atomic E-state index is -3.23. The molecule has 0 spiro atoms. The lowest BCUT2D eigenvalue weighted by Crippen LogP contribution is -2.52. The third-order valence-corrected chi connectivity index (χ3v) is 6.08. The van der Waals surface area contributed by atoms with Crippen molar-refractivity contribution < 1.29 is 18.0 Å². The predicted octanol–water partition coefficient (Wildman–Crippen LogP) is 0.564. The first-order chi connectivity index (χ1) is 11.3. The molecule has 1 N–H and O–H groups in total. The topological polar surface area (TPSA) is 86.8 Å². The molecule has 2 rings (SSSR count). The van der Waals surface area contributed by atoms with Crippen LogP contribution in [-0.2, 0) is 14.8 Å². The van der Waals surface area contributed by atoms with Crippen molar-refractivity contribution >= 4 is 33.4 Å². The smallest absolute Gasteiger partial charge is 0.253 e. The van der Waals surface area contributed by atoms with Gasteiger partial charge in [-0.25, -0.2) is 8.42 Å². The van der Waals surface area contributed by atoms with Gasteiger partial charge in [0.25, 0.3) is 5.91 Å². The third-order valence-electron chi connectivity index (χ3n) is 3.87. The zero-order valence-corrected chi connectivity index (χ0v) is 14.9. The number of carbonyl (C=O) groups is 2. The molecule has 0 aromatic heterocycles. The van der Waals surface area contributed by atoms with Gasteiger partial charge in [-0.05, 0) is 19.1 Å². The van der Waals surface area contributed by atoms with Crippen LogP contribution in [0.1, 0.15) is 17.3 Å². The van der Waals surface area contributed by atoms with Crippen LogP contribution in [0, 0.1) is 0 Å². The SMILES string of the molecule is CCS(=O)(=O)N1CCN(C(=O)CNC(=O)c2ccccc2Cl)CC1. The Balaban J connectivity index is 1.84. The quantitative estimate of drug-likeness (QED) is 0.817. The number of amides is 2. The van der Waals surface area contributed by atoms with E-state index >= 15 is 0 Å². The van der Waals surface area contributed by atoms with Gasteiger partial charge in [0.1, 0.15) is 0 Å². The molecule has 0 atom stereocenters. The second-order valence-electron chi connectivity index (χ2n) is 5.34. The van der Waals surface area contributed by atoms with Crippen molar-refractivity contribution in [2.45, 2.75) is 6.92 Å². The number of halogens is 1. The monoisotopic (exact) mass is 373 g/mol. The minimum absolute atomic E-state index is 0.0504. The average molecular weight is 374 g/mol. The highest BCUT2D eigenvalue weighted by Crippen LogP contribution is 2.14. The molecule has 1 aliphatic rings. The summed E-state index contributed by atoms with van der Waals surface area (Å²) in [6.07, 6.45) is 0. The number of hydrogen-bond donors (Lipinski definition) is 1. The van der Waals surface area contributed by atoms with Gasteiger partial charge in [-0.3, -0.25) is 9.59 Å². The van der Waals surface area contributed by atoms with Crippen molar-refractivity contribution in [2.75, 3.05) is 38.5 Å². The molecule has 1 fully saturated rings. The number of benzene rings is 1. The van der Waals surface area contributed by atoms with Crippen molar-refractivity contribution in [2.24, 2.45) is 0 Å². The summed E-state index contributed by atoms with van der Waals surface area (Å²) in [5, 5.41) is 2.86. The Kier molecular flexibility index (Phi) is 6.20. The van der Waals surface area contributed by atoms with Gasteiger partial charge in [-0.2, -0.15) is 4.31 Å². The second-order valence-corrected chi connectivity index (χ2v) is 8.01. The Morgan fingerprint density at radius 3 is 2.38 bits per heavy atom. The zero-order valence-electron chi connectivity index (χ0n) is 13.4. The first kappa shape index (κ1) is 18.7. The largest absolute Gasteiger partial charge is 0.343 e. The molecule has 132 valence electrons. The van der Waals surface area contributed by atoms with E-state index < -0.39 is 15.9 Å². The van der Waals surface area contributed by atoms with E-state index in [1.807, 2.05) is 0 Å². The van der Waals surface area contributed by atoms with Crippen LogP contribution in [0.15, 0.2) is 24.3 Å². The van der Waals surface area contributed by atoms with Gasteiger partial charge in [0, 0.05) is 26.2 Å². The van der Waals surface area contributed by atoms with E-state index in [1.165, 1.54) is 4.31 Å². The van der Waals surface area contributed by atoms with Crippen LogP contribution < -0.4 is 5.32 Å². The van der Waals surface area contributed by atoms with Crippen LogP contribution in [0.5, 0.6) is 0 Å². The van der Waals surface area contributed by atoms with E-state index in [2.05, 4.69) is 5.32 Å². The highest BCUT2D eigenvalue weighted by Gasteiger charge is 2.27. The lowest BCUT2D eigenvalue weighted by atomic mass is 10.2. The summed E-state index contributed by atoms with van der Waals surface area (Å²) in [6, 6.07) is 6.59. The second kappa shape index (κ2) is 7.96.